The van der Waals surface area contributed by atoms with Crippen LogP contribution in [0.4, 0.5) is 11.5 Å². The normalized spacial score (nSPS) is 16.3. The van der Waals surface area contributed by atoms with Crippen molar-refractivity contribution in [3.8, 4) is 11.8 Å². The predicted octanol–water partition coefficient (Wildman–Crippen LogP) is 2.61. The van der Waals surface area contributed by atoms with Gasteiger partial charge in [0.1, 0.15) is 17.8 Å². The number of aromatic nitrogens is 2. The Bertz CT molecular complexity index is 1030. The zero-order valence-corrected chi connectivity index (χ0v) is 16.0. The first-order valence-corrected chi connectivity index (χ1v) is 9.16. The molecule has 0 amide bonds. The van der Waals surface area contributed by atoms with E-state index in [4.69, 9.17) is 4.74 Å². The molecule has 1 atom stereocenters. The van der Waals surface area contributed by atoms with Crippen molar-refractivity contribution < 1.29 is 14.3 Å². The van der Waals surface area contributed by atoms with Gasteiger partial charge in [0.2, 0.25) is 0 Å². The summed E-state index contributed by atoms with van der Waals surface area (Å²) in [6, 6.07) is 9.44. The molecule has 1 aromatic carbocycles. The number of nitrogens with zero attached hydrogens (tertiary/aromatic N) is 6. The summed E-state index contributed by atoms with van der Waals surface area (Å²) < 4.78 is 8.15. The fraction of sp³-hybridized carbons (Fsp3) is 0.294. The molecule has 0 radical (unpaired) electrons. The van der Waals surface area contributed by atoms with Gasteiger partial charge in [-0.05, 0) is 25.3 Å². The lowest BCUT2D eigenvalue weighted by atomic mass is 9.99. The summed E-state index contributed by atoms with van der Waals surface area (Å²) >= 11 is 1.33. The number of ether oxygens (including phenoxy) is 1. The smallest absolute Gasteiger partial charge is 0.409 e. The highest BCUT2D eigenvalue weighted by molar-refractivity contribution is 8.13. The van der Waals surface area contributed by atoms with E-state index in [2.05, 4.69) is 16.3 Å². The molecule has 0 N–H and O–H groups in total. The van der Waals surface area contributed by atoms with Crippen LogP contribution in [0.15, 0.2) is 29.4 Å². The summed E-state index contributed by atoms with van der Waals surface area (Å²) in [6.45, 7) is 1.57. The highest BCUT2D eigenvalue weighted by Crippen LogP contribution is 2.35. The number of aryl methyl sites for hydroxylation is 2. The third-order valence-electron chi connectivity index (χ3n) is 4.20. The van der Waals surface area contributed by atoms with Crippen molar-refractivity contribution in [1.29, 1.82) is 5.26 Å². The maximum atomic E-state index is 11.6. The Balaban J connectivity index is 2.35. The van der Waals surface area contributed by atoms with Crippen molar-refractivity contribution in [2.75, 3.05) is 13.4 Å². The van der Waals surface area contributed by atoms with Gasteiger partial charge in [0.25, 0.3) is 0 Å². The van der Waals surface area contributed by atoms with E-state index in [1.54, 1.807) is 39.3 Å². The Morgan fingerprint density at radius 3 is 2.81 bits per heavy atom. The fourth-order valence-electron chi connectivity index (χ4n) is 3.04. The van der Waals surface area contributed by atoms with Gasteiger partial charge in [0.05, 0.1) is 18.1 Å². The molecule has 0 bridgehead atoms. The molecule has 9 nitrogen and oxygen atoms in total. The molecule has 3 rings (SSSR count). The van der Waals surface area contributed by atoms with Gasteiger partial charge in [0.15, 0.2) is 17.3 Å². The summed E-state index contributed by atoms with van der Waals surface area (Å²) in [5.74, 6) is 0.173. The van der Waals surface area contributed by atoms with Gasteiger partial charge in [0, 0.05) is 5.56 Å². The molecule has 1 aromatic heterocycles. The Labute approximate surface area is 159 Å². The van der Waals surface area contributed by atoms with E-state index in [1.807, 2.05) is 12.3 Å². The summed E-state index contributed by atoms with van der Waals surface area (Å²) in [5.41, 5.74) is 1.37. The topological polar surface area (TPSA) is 109 Å². The monoisotopic (exact) mass is 385 g/mol. The molecule has 0 spiro atoms. The highest BCUT2D eigenvalue weighted by atomic mass is 32.2. The molecule has 10 heteroatoms. The Hall–Kier alpha value is -3.19. The predicted molar refractivity (Wildman–Crippen MR) is 102 cm³/mol. The van der Waals surface area contributed by atoms with Crippen LogP contribution in [-0.2, 0) is 7.05 Å². The molecule has 1 aliphatic heterocycles. The summed E-state index contributed by atoms with van der Waals surface area (Å²) in [5, 5.41) is 30.6. The number of thioether (sulfide) groups is 1. The summed E-state index contributed by atoms with van der Waals surface area (Å²) in [6.07, 6.45) is 1.82. The van der Waals surface area contributed by atoms with Crippen LogP contribution in [0.3, 0.4) is 0 Å². The molecule has 2 aromatic rings. The van der Waals surface area contributed by atoms with Crippen molar-refractivity contribution in [2.24, 2.45) is 18.1 Å². The first-order chi connectivity index (χ1) is 12.9. The number of hydrogen-bond donors (Lipinski definition) is 0. The lowest BCUT2D eigenvalue weighted by molar-refractivity contribution is -0.464. The van der Waals surface area contributed by atoms with Gasteiger partial charge in [-0.3, -0.25) is 10.1 Å². The molecule has 27 heavy (non-hydrogen) atoms. The van der Waals surface area contributed by atoms with Crippen molar-refractivity contribution in [3.05, 3.63) is 45.6 Å². The van der Waals surface area contributed by atoms with Crippen LogP contribution < -0.4 is 4.74 Å². The average Bonchev–Trinajstić information content (AvgIpc) is 3.17. The molecule has 0 fully saturated rings. The first kappa shape index (κ1) is 18.6. The molecule has 1 unspecified atom stereocenters. The highest BCUT2D eigenvalue weighted by Gasteiger charge is 2.43. The molecule has 0 aliphatic carbocycles. The molecule has 0 saturated carbocycles. The van der Waals surface area contributed by atoms with Crippen LogP contribution in [-0.4, -0.2) is 43.5 Å². The fourth-order valence-corrected chi connectivity index (χ4v) is 3.61. The van der Waals surface area contributed by atoms with Crippen molar-refractivity contribution in [2.45, 2.75) is 6.92 Å². The van der Waals surface area contributed by atoms with Crippen LogP contribution in [0, 0.1) is 34.3 Å². The third-order valence-corrected chi connectivity index (χ3v) is 4.93. The standard InChI is InChI=1S/C17H17N6O3S/c1-10-14(23(24)25)17(21(2)19-10)22-15(13(9-18)16(20-22)27-4)11-6-5-7-12(8-11)26-3/h5-8,13H,1-4H3/q+1. The second-order valence-corrected chi connectivity index (χ2v) is 6.60. The van der Waals surface area contributed by atoms with E-state index >= 15 is 0 Å². The molecule has 0 saturated heterocycles. The maximum absolute atomic E-state index is 11.6. The Kier molecular flexibility index (Phi) is 4.96. The first-order valence-electron chi connectivity index (χ1n) is 7.94. The second kappa shape index (κ2) is 7.20. The van der Waals surface area contributed by atoms with E-state index in [0.717, 1.165) is 0 Å². The van der Waals surface area contributed by atoms with Crippen LogP contribution >= 0.6 is 11.8 Å². The largest absolute Gasteiger partial charge is 0.497 e. The molecule has 2 heterocycles. The van der Waals surface area contributed by atoms with Crippen LogP contribution in [0.5, 0.6) is 5.75 Å². The van der Waals surface area contributed by atoms with Gasteiger partial charge >= 0.3 is 11.5 Å². The van der Waals surface area contributed by atoms with Gasteiger partial charge in [-0.25, -0.2) is 0 Å². The molecule has 1 aliphatic rings. The van der Waals surface area contributed by atoms with Crippen LogP contribution in [0.2, 0.25) is 0 Å². The van der Waals surface area contributed by atoms with Crippen molar-refractivity contribution >= 4 is 34.0 Å². The van der Waals surface area contributed by atoms with Gasteiger partial charge < -0.3 is 4.74 Å². The number of nitro groups is 1. The number of hydrogen-bond acceptors (Lipinski definition) is 7. The van der Waals surface area contributed by atoms with Crippen LogP contribution in [0.1, 0.15) is 11.3 Å². The zero-order valence-electron chi connectivity index (χ0n) is 15.2. The molecular formula is C17H17N6O3S+. The van der Waals surface area contributed by atoms with Gasteiger partial charge in [-0.15, -0.1) is 16.4 Å². The van der Waals surface area contributed by atoms with E-state index in [1.165, 1.54) is 21.1 Å². The van der Waals surface area contributed by atoms with E-state index in [9.17, 15) is 15.4 Å². The van der Waals surface area contributed by atoms with Crippen molar-refractivity contribution in [1.82, 2.24) is 9.78 Å². The lowest BCUT2D eigenvalue weighted by Crippen LogP contribution is -2.21. The van der Waals surface area contributed by atoms with E-state index in [-0.39, 0.29) is 17.2 Å². The third kappa shape index (κ3) is 3.06. The van der Waals surface area contributed by atoms with Crippen LogP contribution in [0.25, 0.3) is 0 Å². The lowest BCUT2D eigenvalue weighted by Gasteiger charge is -2.07. The minimum atomic E-state index is -0.651. The summed E-state index contributed by atoms with van der Waals surface area (Å²) in [4.78, 5) is 11.2. The number of methoxy groups -OCH3 is 1. The minimum Gasteiger partial charge on any atom is -0.497 e. The maximum Gasteiger partial charge on any atom is 0.409 e. The van der Waals surface area contributed by atoms with E-state index < -0.39 is 10.8 Å². The number of benzene rings is 1. The average molecular weight is 385 g/mol. The summed E-state index contributed by atoms with van der Waals surface area (Å²) in [7, 11) is 3.17. The SMILES string of the molecule is COc1cccc(C2=[N+](c3c([N+](=O)[O-])c(C)nn3C)N=C(SC)C2C#N)c1. The Morgan fingerprint density at radius 2 is 2.22 bits per heavy atom. The number of nitriles is 1. The number of rotatable bonds is 4. The van der Waals surface area contributed by atoms with Gasteiger partial charge in [-0.2, -0.15) is 5.26 Å². The zero-order chi connectivity index (χ0) is 19.7. The van der Waals surface area contributed by atoms with Crippen molar-refractivity contribution in [3.63, 3.8) is 0 Å². The second-order valence-electron chi connectivity index (χ2n) is 5.77. The Morgan fingerprint density at radius 1 is 1.48 bits per heavy atom. The minimum absolute atomic E-state index is 0.138. The quantitative estimate of drug-likeness (QED) is 0.455. The molecular weight excluding hydrogens is 368 g/mol. The number of hydrazone groups is 1. The molecule has 138 valence electrons. The van der Waals surface area contributed by atoms with E-state index in [0.29, 0.717) is 22.1 Å². The van der Waals surface area contributed by atoms with Gasteiger partial charge in [-0.1, -0.05) is 27.0 Å².